The van der Waals surface area contributed by atoms with E-state index in [1.165, 1.54) is 10.5 Å². The van der Waals surface area contributed by atoms with Gasteiger partial charge in [-0.1, -0.05) is 30.3 Å². The maximum Gasteiger partial charge on any atom is 0.324 e. The molecule has 1 atom stereocenters. The molecule has 4 amide bonds. The summed E-state index contributed by atoms with van der Waals surface area (Å²) >= 11 is 0. The van der Waals surface area contributed by atoms with Gasteiger partial charge in [0.2, 0.25) is 11.8 Å². The fourth-order valence-electron chi connectivity index (χ4n) is 3.39. The number of carbonyl (C=O) groups excluding carboxylic acids is 3. The van der Waals surface area contributed by atoms with E-state index in [0.29, 0.717) is 25.9 Å². The number of benzene rings is 1. The molecule has 2 heterocycles. The fourth-order valence-corrected chi connectivity index (χ4v) is 3.39. The lowest BCUT2D eigenvalue weighted by Crippen LogP contribution is -2.42. The monoisotopic (exact) mass is 329 g/mol. The van der Waals surface area contributed by atoms with Crippen molar-refractivity contribution >= 4 is 17.8 Å². The van der Waals surface area contributed by atoms with Crippen LogP contribution in [0.25, 0.3) is 0 Å². The van der Waals surface area contributed by atoms with Crippen molar-refractivity contribution in [1.82, 2.24) is 15.1 Å². The normalized spacial score (nSPS) is 20.6. The zero-order chi connectivity index (χ0) is 16.9. The van der Waals surface area contributed by atoms with Crippen molar-refractivity contribution < 1.29 is 14.4 Å². The average Bonchev–Trinajstić information content (AvgIpc) is 3.19. The fraction of sp³-hybridized carbons (Fsp3) is 0.500. The maximum atomic E-state index is 12.3. The van der Waals surface area contributed by atoms with Crippen LogP contribution < -0.4 is 5.32 Å². The van der Waals surface area contributed by atoms with E-state index in [4.69, 9.17) is 0 Å². The highest BCUT2D eigenvalue weighted by atomic mass is 16.2. The minimum absolute atomic E-state index is 0.0722. The van der Waals surface area contributed by atoms with E-state index in [2.05, 4.69) is 17.4 Å². The number of unbranched alkanes of at least 4 members (excludes halogenated alkanes) is 1. The summed E-state index contributed by atoms with van der Waals surface area (Å²) in [5.74, 6) is -0.0697. The third kappa shape index (κ3) is 3.75. The molecule has 128 valence electrons. The number of rotatable bonds is 6. The summed E-state index contributed by atoms with van der Waals surface area (Å²) in [4.78, 5) is 38.8. The van der Waals surface area contributed by atoms with Crippen LogP contribution in [-0.2, 0) is 16.0 Å². The van der Waals surface area contributed by atoms with E-state index in [1.54, 1.807) is 4.90 Å². The predicted molar refractivity (Wildman–Crippen MR) is 89.2 cm³/mol. The smallest absolute Gasteiger partial charge is 0.324 e. The number of imide groups is 1. The second-order valence-corrected chi connectivity index (χ2v) is 6.40. The molecule has 1 aromatic carbocycles. The van der Waals surface area contributed by atoms with Gasteiger partial charge in [-0.2, -0.15) is 0 Å². The van der Waals surface area contributed by atoms with Gasteiger partial charge in [-0.25, -0.2) is 4.79 Å². The van der Waals surface area contributed by atoms with Crippen molar-refractivity contribution in [2.24, 2.45) is 0 Å². The first-order chi connectivity index (χ1) is 11.6. The zero-order valence-electron chi connectivity index (χ0n) is 13.7. The van der Waals surface area contributed by atoms with Gasteiger partial charge in [0.15, 0.2) is 0 Å². The summed E-state index contributed by atoms with van der Waals surface area (Å²) < 4.78 is 0. The van der Waals surface area contributed by atoms with Crippen LogP contribution in [0, 0.1) is 0 Å². The highest BCUT2D eigenvalue weighted by molar-refractivity contribution is 6.02. The van der Waals surface area contributed by atoms with Crippen molar-refractivity contribution in [1.29, 1.82) is 0 Å². The van der Waals surface area contributed by atoms with Crippen LogP contribution in [0.5, 0.6) is 0 Å². The molecule has 6 heteroatoms. The van der Waals surface area contributed by atoms with Crippen molar-refractivity contribution in [3.05, 3.63) is 35.9 Å². The quantitative estimate of drug-likeness (QED) is 0.636. The maximum absolute atomic E-state index is 12.3. The molecule has 0 bridgehead atoms. The largest absolute Gasteiger partial charge is 0.341 e. The highest BCUT2D eigenvalue weighted by Gasteiger charge is 2.39. The molecule has 0 spiro atoms. The van der Waals surface area contributed by atoms with Crippen molar-refractivity contribution in [2.75, 3.05) is 19.6 Å². The second kappa shape index (κ2) is 7.47. The molecule has 6 nitrogen and oxygen atoms in total. The summed E-state index contributed by atoms with van der Waals surface area (Å²) in [7, 11) is 0. The van der Waals surface area contributed by atoms with E-state index in [0.717, 1.165) is 19.3 Å². The summed E-state index contributed by atoms with van der Waals surface area (Å²) in [6.45, 7) is 1.17. The van der Waals surface area contributed by atoms with Gasteiger partial charge in [0, 0.05) is 19.5 Å². The molecule has 0 aliphatic carbocycles. The van der Waals surface area contributed by atoms with Crippen molar-refractivity contribution in [2.45, 2.75) is 38.1 Å². The van der Waals surface area contributed by atoms with E-state index < -0.39 is 0 Å². The van der Waals surface area contributed by atoms with Crippen LogP contribution in [0.1, 0.15) is 31.2 Å². The summed E-state index contributed by atoms with van der Waals surface area (Å²) in [6, 6.07) is 9.76. The average molecular weight is 329 g/mol. The molecule has 0 saturated carbocycles. The molecule has 24 heavy (non-hydrogen) atoms. The van der Waals surface area contributed by atoms with Crippen LogP contribution in [0.2, 0.25) is 0 Å². The minimum Gasteiger partial charge on any atom is -0.341 e. The molecule has 2 aliphatic heterocycles. The highest BCUT2D eigenvalue weighted by Crippen LogP contribution is 2.19. The van der Waals surface area contributed by atoms with E-state index >= 15 is 0 Å². The Balaban J connectivity index is 1.40. The van der Waals surface area contributed by atoms with Crippen LogP contribution in [0.15, 0.2) is 30.3 Å². The number of urea groups is 1. The Kier molecular flexibility index (Phi) is 5.13. The van der Waals surface area contributed by atoms with Gasteiger partial charge in [-0.15, -0.1) is 0 Å². The lowest BCUT2D eigenvalue weighted by atomic mass is 10.1. The molecule has 1 unspecified atom stereocenters. The Morgan fingerprint density at radius 1 is 1.17 bits per heavy atom. The molecular formula is C18H23N3O3. The first kappa shape index (κ1) is 16.5. The van der Waals surface area contributed by atoms with E-state index in [9.17, 15) is 14.4 Å². The SMILES string of the molecule is O=C(CCCCc1ccccc1)N1CCC(N2C(=O)CNC2=O)C1. The number of nitrogens with zero attached hydrogens (tertiary/aromatic N) is 2. The number of likely N-dealkylation sites (tertiary alicyclic amines) is 1. The second-order valence-electron chi connectivity index (χ2n) is 6.40. The third-order valence-electron chi connectivity index (χ3n) is 4.71. The van der Waals surface area contributed by atoms with Gasteiger partial charge in [0.05, 0.1) is 12.6 Å². The predicted octanol–water partition coefficient (Wildman–Crippen LogP) is 1.55. The molecule has 0 aromatic heterocycles. The number of aryl methyl sites for hydroxylation is 1. The minimum atomic E-state index is -0.331. The zero-order valence-corrected chi connectivity index (χ0v) is 13.7. The number of carbonyl (C=O) groups is 3. The molecule has 2 saturated heterocycles. The van der Waals surface area contributed by atoms with Gasteiger partial charge in [0.25, 0.3) is 0 Å². The number of nitrogens with one attached hydrogen (secondary N) is 1. The Morgan fingerprint density at radius 3 is 2.67 bits per heavy atom. The first-order valence-electron chi connectivity index (χ1n) is 8.57. The third-order valence-corrected chi connectivity index (χ3v) is 4.71. The lowest BCUT2D eigenvalue weighted by molar-refractivity contribution is -0.131. The van der Waals surface area contributed by atoms with Gasteiger partial charge in [0.1, 0.15) is 0 Å². The molecule has 0 radical (unpaired) electrons. The number of hydrogen-bond donors (Lipinski definition) is 1. The van der Waals surface area contributed by atoms with E-state index in [-0.39, 0.29) is 30.4 Å². The molecule has 1 aromatic rings. The van der Waals surface area contributed by atoms with Gasteiger partial charge >= 0.3 is 6.03 Å². The molecule has 2 aliphatic rings. The Bertz CT molecular complexity index is 601. The van der Waals surface area contributed by atoms with Gasteiger partial charge in [-0.3, -0.25) is 14.5 Å². The summed E-state index contributed by atoms with van der Waals surface area (Å²) in [5, 5.41) is 2.53. The summed E-state index contributed by atoms with van der Waals surface area (Å²) in [6.07, 6.45) is 4.03. The molecule has 2 fully saturated rings. The summed E-state index contributed by atoms with van der Waals surface area (Å²) in [5.41, 5.74) is 1.30. The topological polar surface area (TPSA) is 69.7 Å². The van der Waals surface area contributed by atoms with Crippen LogP contribution in [0.4, 0.5) is 4.79 Å². The Labute approximate surface area is 141 Å². The van der Waals surface area contributed by atoms with Crippen LogP contribution in [-0.4, -0.2) is 53.3 Å². The van der Waals surface area contributed by atoms with Crippen LogP contribution in [0.3, 0.4) is 0 Å². The van der Waals surface area contributed by atoms with Gasteiger partial charge in [-0.05, 0) is 31.2 Å². The lowest BCUT2D eigenvalue weighted by Gasteiger charge is -2.21. The Hall–Kier alpha value is -2.37. The standard InChI is InChI=1S/C18H23N3O3/c22-16(9-5-4-8-14-6-2-1-3-7-14)20-11-10-15(13-20)21-17(23)12-19-18(21)24/h1-3,6-7,15H,4-5,8-13H2,(H,19,24). The van der Waals surface area contributed by atoms with Crippen molar-refractivity contribution in [3.8, 4) is 0 Å². The number of amides is 4. The molecule has 3 rings (SSSR count). The first-order valence-corrected chi connectivity index (χ1v) is 8.57. The van der Waals surface area contributed by atoms with Crippen LogP contribution >= 0.6 is 0 Å². The van der Waals surface area contributed by atoms with E-state index in [1.807, 2.05) is 18.2 Å². The Morgan fingerprint density at radius 2 is 1.96 bits per heavy atom. The number of hydrogen-bond acceptors (Lipinski definition) is 3. The van der Waals surface area contributed by atoms with Gasteiger partial charge < -0.3 is 10.2 Å². The molecular weight excluding hydrogens is 306 g/mol. The molecule has 1 N–H and O–H groups in total. The van der Waals surface area contributed by atoms with Crippen molar-refractivity contribution in [3.63, 3.8) is 0 Å².